The van der Waals surface area contributed by atoms with Gasteiger partial charge in [-0.15, -0.1) is 0 Å². The SMILES string of the molecule is Oc1ccccc1-c1cccc(CN2CCNCC2)c1-c1ccccc1O. The van der Waals surface area contributed by atoms with Gasteiger partial charge in [0.25, 0.3) is 0 Å². The summed E-state index contributed by atoms with van der Waals surface area (Å²) < 4.78 is 0. The van der Waals surface area contributed by atoms with E-state index in [1.165, 1.54) is 0 Å². The van der Waals surface area contributed by atoms with Gasteiger partial charge in [0.1, 0.15) is 11.5 Å². The first-order chi connectivity index (χ1) is 13.2. The fraction of sp³-hybridized carbons (Fsp3) is 0.217. The van der Waals surface area contributed by atoms with Crippen LogP contribution in [0.25, 0.3) is 22.3 Å². The Morgan fingerprint density at radius 3 is 1.96 bits per heavy atom. The third-order valence-electron chi connectivity index (χ3n) is 5.12. The second kappa shape index (κ2) is 7.82. The number of nitrogens with one attached hydrogen (secondary N) is 1. The molecule has 4 heteroatoms. The van der Waals surface area contributed by atoms with Crippen LogP contribution in [0.3, 0.4) is 0 Å². The van der Waals surface area contributed by atoms with E-state index in [4.69, 9.17) is 0 Å². The van der Waals surface area contributed by atoms with E-state index in [0.717, 1.165) is 60.5 Å². The van der Waals surface area contributed by atoms with Crippen LogP contribution in [0.15, 0.2) is 66.7 Å². The lowest BCUT2D eigenvalue weighted by atomic mass is 9.89. The molecule has 4 rings (SSSR count). The molecule has 0 spiro atoms. The Kier molecular flexibility index (Phi) is 5.10. The van der Waals surface area contributed by atoms with Crippen LogP contribution >= 0.6 is 0 Å². The number of rotatable bonds is 4. The summed E-state index contributed by atoms with van der Waals surface area (Å²) in [6, 6.07) is 20.9. The highest BCUT2D eigenvalue weighted by atomic mass is 16.3. The lowest BCUT2D eigenvalue weighted by Crippen LogP contribution is -2.42. The van der Waals surface area contributed by atoms with Crippen molar-refractivity contribution in [2.75, 3.05) is 26.2 Å². The van der Waals surface area contributed by atoms with Crippen molar-refractivity contribution in [1.82, 2.24) is 10.2 Å². The van der Waals surface area contributed by atoms with Gasteiger partial charge in [0.2, 0.25) is 0 Å². The number of hydrogen-bond acceptors (Lipinski definition) is 4. The molecule has 3 aromatic rings. The second-order valence-corrected chi connectivity index (χ2v) is 6.90. The Hall–Kier alpha value is -2.82. The summed E-state index contributed by atoms with van der Waals surface area (Å²) >= 11 is 0. The molecule has 4 nitrogen and oxygen atoms in total. The summed E-state index contributed by atoms with van der Waals surface area (Å²) in [6.07, 6.45) is 0. The van der Waals surface area contributed by atoms with Crippen molar-refractivity contribution in [2.45, 2.75) is 6.54 Å². The topological polar surface area (TPSA) is 55.7 Å². The van der Waals surface area contributed by atoms with E-state index in [1.807, 2.05) is 48.5 Å². The molecule has 3 N–H and O–H groups in total. The zero-order chi connectivity index (χ0) is 18.6. The van der Waals surface area contributed by atoms with Crippen LogP contribution in [0.4, 0.5) is 0 Å². The largest absolute Gasteiger partial charge is 0.507 e. The molecule has 0 aromatic heterocycles. The normalized spacial score (nSPS) is 15.0. The number of benzene rings is 3. The van der Waals surface area contributed by atoms with Crippen LogP contribution < -0.4 is 5.32 Å². The van der Waals surface area contributed by atoms with E-state index in [-0.39, 0.29) is 11.5 Å². The summed E-state index contributed by atoms with van der Waals surface area (Å²) in [5.74, 6) is 0.496. The van der Waals surface area contributed by atoms with E-state index in [0.29, 0.717) is 0 Å². The van der Waals surface area contributed by atoms with Gasteiger partial charge in [0, 0.05) is 43.9 Å². The lowest BCUT2D eigenvalue weighted by Gasteiger charge is -2.28. The molecule has 1 aliphatic rings. The number of para-hydroxylation sites is 2. The highest BCUT2D eigenvalue weighted by molar-refractivity contribution is 5.89. The molecule has 0 unspecified atom stereocenters. The van der Waals surface area contributed by atoms with Crippen LogP contribution in [0.5, 0.6) is 11.5 Å². The molecular formula is C23H24N2O2. The molecule has 0 atom stereocenters. The summed E-state index contributed by atoms with van der Waals surface area (Å²) in [5, 5.41) is 24.4. The van der Waals surface area contributed by atoms with Crippen molar-refractivity contribution in [2.24, 2.45) is 0 Å². The lowest BCUT2D eigenvalue weighted by molar-refractivity contribution is 0.233. The first-order valence-electron chi connectivity index (χ1n) is 9.36. The zero-order valence-electron chi connectivity index (χ0n) is 15.2. The van der Waals surface area contributed by atoms with Gasteiger partial charge in [-0.3, -0.25) is 4.90 Å². The van der Waals surface area contributed by atoms with Gasteiger partial charge in [0.05, 0.1) is 0 Å². The minimum absolute atomic E-state index is 0.244. The van der Waals surface area contributed by atoms with Crippen molar-refractivity contribution < 1.29 is 10.2 Å². The first-order valence-corrected chi connectivity index (χ1v) is 9.36. The number of piperazine rings is 1. The van der Waals surface area contributed by atoms with Gasteiger partial charge >= 0.3 is 0 Å². The molecule has 1 heterocycles. The number of phenols is 2. The van der Waals surface area contributed by atoms with Crippen molar-refractivity contribution >= 4 is 0 Å². The van der Waals surface area contributed by atoms with Gasteiger partial charge in [-0.1, -0.05) is 54.6 Å². The predicted octanol–water partition coefficient (Wildman–Crippen LogP) is 3.84. The highest BCUT2D eigenvalue weighted by Crippen LogP contribution is 2.42. The van der Waals surface area contributed by atoms with Crippen molar-refractivity contribution in [1.29, 1.82) is 0 Å². The maximum absolute atomic E-state index is 10.5. The quantitative estimate of drug-likeness (QED) is 0.662. The molecule has 0 aliphatic carbocycles. The van der Waals surface area contributed by atoms with Crippen LogP contribution in [-0.2, 0) is 6.54 Å². The molecule has 1 fully saturated rings. The molecule has 0 bridgehead atoms. The van der Waals surface area contributed by atoms with Gasteiger partial charge in [-0.2, -0.15) is 0 Å². The molecular weight excluding hydrogens is 336 g/mol. The smallest absolute Gasteiger partial charge is 0.123 e. The van der Waals surface area contributed by atoms with E-state index in [9.17, 15) is 10.2 Å². The summed E-state index contributed by atoms with van der Waals surface area (Å²) in [4.78, 5) is 2.42. The van der Waals surface area contributed by atoms with Crippen LogP contribution in [-0.4, -0.2) is 41.3 Å². The molecule has 27 heavy (non-hydrogen) atoms. The Labute approximate surface area is 159 Å². The first kappa shape index (κ1) is 17.6. The summed E-state index contributed by atoms with van der Waals surface area (Å²) in [5.41, 5.74) is 4.64. The van der Waals surface area contributed by atoms with E-state index in [1.54, 1.807) is 12.1 Å². The zero-order valence-corrected chi connectivity index (χ0v) is 15.2. The molecule has 1 aliphatic heterocycles. The summed E-state index contributed by atoms with van der Waals surface area (Å²) in [7, 11) is 0. The van der Waals surface area contributed by atoms with E-state index < -0.39 is 0 Å². The third-order valence-corrected chi connectivity index (χ3v) is 5.12. The van der Waals surface area contributed by atoms with Gasteiger partial charge in [0.15, 0.2) is 0 Å². The predicted molar refractivity (Wildman–Crippen MR) is 109 cm³/mol. The van der Waals surface area contributed by atoms with Gasteiger partial charge < -0.3 is 15.5 Å². The average molecular weight is 360 g/mol. The minimum atomic E-state index is 0.244. The van der Waals surface area contributed by atoms with Gasteiger partial charge in [-0.25, -0.2) is 0 Å². The minimum Gasteiger partial charge on any atom is -0.507 e. The molecule has 1 saturated heterocycles. The maximum atomic E-state index is 10.5. The Morgan fingerprint density at radius 1 is 0.704 bits per heavy atom. The molecule has 0 amide bonds. The Morgan fingerprint density at radius 2 is 1.30 bits per heavy atom. The number of nitrogens with zero attached hydrogens (tertiary/aromatic N) is 1. The van der Waals surface area contributed by atoms with E-state index in [2.05, 4.69) is 16.3 Å². The van der Waals surface area contributed by atoms with Gasteiger partial charge in [-0.05, 0) is 28.8 Å². The number of phenolic OH excluding ortho intramolecular Hbond substituents is 2. The molecule has 0 radical (unpaired) electrons. The highest BCUT2D eigenvalue weighted by Gasteiger charge is 2.19. The fourth-order valence-corrected chi connectivity index (χ4v) is 3.77. The van der Waals surface area contributed by atoms with Crippen molar-refractivity contribution in [3.8, 4) is 33.8 Å². The number of hydrogen-bond donors (Lipinski definition) is 3. The average Bonchev–Trinajstić information content (AvgIpc) is 2.70. The van der Waals surface area contributed by atoms with Crippen LogP contribution in [0, 0.1) is 0 Å². The molecule has 138 valence electrons. The molecule has 3 aromatic carbocycles. The van der Waals surface area contributed by atoms with Crippen molar-refractivity contribution in [3.05, 3.63) is 72.3 Å². The Bertz CT molecular complexity index is 933. The summed E-state index contributed by atoms with van der Waals surface area (Å²) in [6.45, 7) is 4.80. The second-order valence-electron chi connectivity index (χ2n) is 6.90. The van der Waals surface area contributed by atoms with Crippen LogP contribution in [0.2, 0.25) is 0 Å². The maximum Gasteiger partial charge on any atom is 0.123 e. The third kappa shape index (κ3) is 3.68. The number of aromatic hydroxyl groups is 2. The van der Waals surface area contributed by atoms with Crippen molar-refractivity contribution in [3.63, 3.8) is 0 Å². The monoisotopic (exact) mass is 360 g/mol. The molecule has 0 saturated carbocycles. The van der Waals surface area contributed by atoms with E-state index >= 15 is 0 Å². The Balaban J connectivity index is 1.88. The fourth-order valence-electron chi connectivity index (χ4n) is 3.77. The standard InChI is InChI=1S/C23H24N2O2/c26-21-10-3-1-7-18(21)19-9-5-6-17(16-25-14-12-24-13-15-25)23(19)20-8-2-4-11-22(20)27/h1-11,24,26-27H,12-16H2. The van der Waals surface area contributed by atoms with Crippen LogP contribution in [0.1, 0.15) is 5.56 Å².